The quantitative estimate of drug-likeness (QED) is 0.662. The van der Waals surface area contributed by atoms with Crippen molar-refractivity contribution in [3.63, 3.8) is 0 Å². The second kappa shape index (κ2) is 8.48. The molecular weight excluding hydrogens is 347 g/mol. The maximum Gasteiger partial charge on any atom is 0.422 e. The first-order valence-corrected chi connectivity index (χ1v) is 8.90. The highest BCUT2D eigenvalue weighted by Crippen LogP contribution is 2.19. The normalized spacial score (nSPS) is 12.4. The van der Waals surface area contributed by atoms with E-state index in [-0.39, 0.29) is 10.5 Å². The standard InChI is InChI=1S/C15H20F3NO4S/c1-3-9-19(10-4-2)24(21,22)13-7-5-12(6-8-13)14(20)23-11-15(16,17)18/h5-8H,3-4,9-11H2,1-2H3. The first-order chi connectivity index (χ1) is 11.1. The number of sulfonamides is 1. The van der Waals surface area contributed by atoms with E-state index >= 15 is 0 Å². The molecule has 1 aromatic rings. The van der Waals surface area contributed by atoms with Crippen molar-refractivity contribution in [2.75, 3.05) is 19.7 Å². The van der Waals surface area contributed by atoms with Gasteiger partial charge in [0.05, 0.1) is 10.5 Å². The number of rotatable bonds is 8. The van der Waals surface area contributed by atoms with Crippen LogP contribution in [0.4, 0.5) is 13.2 Å². The maximum atomic E-state index is 12.5. The van der Waals surface area contributed by atoms with E-state index in [0.29, 0.717) is 25.9 Å². The second-order valence-electron chi connectivity index (χ2n) is 5.12. The van der Waals surface area contributed by atoms with E-state index < -0.39 is 28.8 Å². The number of hydrogen-bond acceptors (Lipinski definition) is 4. The van der Waals surface area contributed by atoms with Crippen LogP contribution in [0.25, 0.3) is 0 Å². The molecule has 1 aromatic carbocycles. The van der Waals surface area contributed by atoms with E-state index in [1.54, 1.807) is 0 Å². The Hall–Kier alpha value is -1.61. The lowest BCUT2D eigenvalue weighted by Crippen LogP contribution is -2.32. The number of halogens is 3. The summed E-state index contributed by atoms with van der Waals surface area (Å²) in [6.07, 6.45) is -3.30. The second-order valence-corrected chi connectivity index (χ2v) is 7.06. The summed E-state index contributed by atoms with van der Waals surface area (Å²) in [5.74, 6) is -1.16. The Morgan fingerprint density at radius 2 is 1.58 bits per heavy atom. The fourth-order valence-electron chi connectivity index (χ4n) is 1.99. The van der Waals surface area contributed by atoms with Gasteiger partial charge in [0, 0.05) is 13.1 Å². The van der Waals surface area contributed by atoms with Crippen LogP contribution in [0.1, 0.15) is 37.0 Å². The lowest BCUT2D eigenvalue weighted by Gasteiger charge is -2.21. The SMILES string of the molecule is CCCN(CCC)S(=O)(=O)c1ccc(C(=O)OCC(F)(F)F)cc1. The Morgan fingerprint density at radius 1 is 1.08 bits per heavy atom. The van der Waals surface area contributed by atoms with Gasteiger partial charge in [0.2, 0.25) is 10.0 Å². The molecule has 0 saturated carbocycles. The highest BCUT2D eigenvalue weighted by atomic mass is 32.2. The van der Waals surface area contributed by atoms with Crippen LogP contribution in [0, 0.1) is 0 Å². The third-order valence-electron chi connectivity index (χ3n) is 3.04. The summed E-state index contributed by atoms with van der Waals surface area (Å²) < 4.78 is 66.6. The molecule has 0 atom stereocenters. The van der Waals surface area contributed by atoms with Gasteiger partial charge in [-0.25, -0.2) is 13.2 Å². The molecule has 0 radical (unpaired) electrons. The van der Waals surface area contributed by atoms with E-state index in [0.717, 1.165) is 12.1 Å². The van der Waals surface area contributed by atoms with Gasteiger partial charge in [0.15, 0.2) is 6.61 Å². The average molecular weight is 367 g/mol. The minimum atomic E-state index is -4.61. The third kappa shape index (κ3) is 5.79. The summed E-state index contributed by atoms with van der Waals surface area (Å²) in [4.78, 5) is 11.5. The molecule has 0 aliphatic heterocycles. The fraction of sp³-hybridized carbons (Fsp3) is 0.533. The largest absolute Gasteiger partial charge is 0.452 e. The van der Waals surface area contributed by atoms with Gasteiger partial charge in [0.1, 0.15) is 0 Å². The number of carbonyl (C=O) groups is 1. The molecule has 5 nitrogen and oxygen atoms in total. The zero-order chi connectivity index (χ0) is 18.4. The minimum absolute atomic E-state index is 0.0169. The molecule has 0 aliphatic carbocycles. The number of benzene rings is 1. The van der Waals surface area contributed by atoms with Gasteiger partial charge in [-0.3, -0.25) is 0 Å². The molecule has 0 unspecified atom stereocenters. The highest BCUT2D eigenvalue weighted by Gasteiger charge is 2.30. The molecule has 9 heteroatoms. The Labute approximate surface area is 139 Å². The minimum Gasteiger partial charge on any atom is -0.452 e. The van der Waals surface area contributed by atoms with Crippen molar-refractivity contribution in [2.45, 2.75) is 37.8 Å². The lowest BCUT2D eigenvalue weighted by atomic mass is 10.2. The zero-order valence-corrected chi connectivity index (χ0v) is 14.3. The van der Waals surface area contributed by atoms with Crippen LogP contribution in [-0.2, 0) is 14.8 Å². The van der Waals surface area contributed by atoms with Crippen LogP contribution < -0.4 is 0 Å². The molecule has 0 heterocycles. The van der Waals surface area contributed by atoms with Crippen LogP contribution >= 0.6 is 0 Å². The van der Waals surface area contributed by atoms with Gasteiger partial charge in [-0.05, 0) is 37.1 Å². The predicted molar refractivity (Wildman–Crippen MR) is 82.1 cm³/mol. The van der Waals surface area contributed by atoms with Crippen LogP contribution in [0.2, 0.25) is 0 Å². The van der Waals surface area contributed by atoms with E-state index in [2.05, 4.69) is 4.74 Å². The van der Waals surface area contributed by atoms with E-state index in [9.17, 15) is 26.4 Å². The Bertz CT molecular complexity index is 636. The molecule has 0 aromatic heterocycles. The van der Waals surface area contributed by atoms with Crippen LogP contribution in [-0.4, -0.2) is 44.6 Å². The van der Waals surface area contributed by atoms with Crippen molar-refractivity contribution in [3.8, 4) is 0 Å². The molecule has 0 bridgehead atoms. The summed E-state index contributed by atoms with van der Waals surface area (Å²) in [6.45, 7) is 2.76. The van der Waals surface area contributed by atoms with Crippen LogP contribution in [0.3, 0.4) is 0 Å². The number of hydrogen-bond donors (Lipinski definition) is 0. The van der Waals surface area contributed by atoms with Crippen LogP contribution in [0.15, 0.2) is 29.2 Å². The highest BCUT2D eigenvalue weighted by molar-refractivity contribution is 7.89. The topological polar surface area (TPSA) is 63.7 Å². The summed E-state index contributed by atoms with van der Waals surface area (Å²) >= 11 is 0. The molecule has 24 heavy (non-hydrogen) atoms. The molecule has 0 amide bonds. The van der Waals surface area contributed by atoms with E-state index in [1.807, 2.05) is 13.8 Å². The van der Waals surface area contributed by atoms with E-state index in [1.165, 1.54) is 16.4 Å². The first kappa shape index (κ1) is 20.4. The Balaban J connectivity index is 2.91. The van der Waals surface area contributed by atoms with Crippen molar-refractivity contribution in [1.82, 2.24) is 4.31 Å². The van der Waals surface area contributed by atoms with Crippen molar-refractivity contribution < 1.29 is 31.1 Å². The maximum absolute atomic E-state index is 12.5. The number of alkyl halides is 3. The van der Waals surface area contributed by atoms with E-state index in [4.69, 9.17) is 0 Å². The monoisotopic (exact) mass is 367 g/mol. The van der Waals surface area contributed by atoms with Crippen molar-refractivity contribution in [1.29, 1.82) is 0 Å². The summed E-state index contributed by atoms with van der Waals surface area (Å²) in [5, 5.41) is 0. The number of carbonyl (C=O) groups excluding carboxylic acids is 1. The molecular formula is C15H20F3NO4S. The van der Waals surface area contributed by atoms with Gasteiger partial charge in [-0.2, -0.15) is 17.5 Å². The van der Waals surface area contributed by atoms with Crippen molar-refractivity contribution in [2.24, 2.45) is 0 Å². The predicted octanol–water partition coefficient (Wildman–Crippen LogP) is 3.22. The van der Waals surface area contributed by atoms with Gasteiger partial charge in [0.25, 0.3) is 0 Å². The van der Waals surface area contributed by atoms with Crippen LogP contribution in [0.5, 0.6) is 0 Å². The van der Waals surface area contributed by atoms with Gasteiger partial charge in [-0.1, -0.05) is 13.8 Å². The molecule has 0 aliphatic rings. The van der Waals surface area contributed by atoms with Crippen molar-refractivity contribution in [3.05, 3.63) is 29.8 Å². The molecule has 0 spiro atoms. The average Bonchev–Trinajstić information content (AvgIpc) is 2.52. The summed E-state index contributed by atoms with van der Waals surface area (Å²) in [7, 11) is -3.70. The summed E-state index contributed by atoms with van der Waals surface area (Å²) in [6, 6.07) is 4.67. The summed E-state index contributed by atoms with van der Waals surface area (Å²) in [5.41, 5.74) is -0.143. The fourth-order valence-corrected chi connectivity index (χ4v) is 3.62. The Kier molecular flexibility index (Phi) is 7.22. The van der Waals surface area contributed by atoms with Crippen molar-refractivity contribution >= 4 is 16.0 Å². The number of nitrogens with zero attached hydrogens (tertiary/aromatic N) is 1. The van der Waals surface area contributed by atoms with Gasteiger partial charge < -0.3 is 4.74 Å². The number of ether oxygens (including phenoxy) is 1. The number of esters is 1. The first-order valence-electron chi connectivity index (χ1n) is 7.46. The smallest absolute Gasteiger partial charge is 0.422 e. The van der Waals surface area contributed by atoms with Gasteiger partial charge >= 0.3 is 12.1 Å². The van der Waals surface area contributed by atoms with Gasteiger partial charge in [-0.15, -0.1) is 0 Å². The molecule has 1 rings (SSSR count). The Morgan fingerprint density at radius 3 is 2.00 bits per heavy atom. The molecule has 136 valence electrons. The zero-order valence-electron chi connectivity index (χ0n) is 13.5. The molecule has 0 fully saturated rings. The molecule has 0 N–H and O–H groups in total. The lowest BCUT2D eigenvalue weighted by molar-refractivity contribution is -0.161. The third-order valence-corrected chi connectivity index (χ3v) is 4.95. The molecule has 0 saturated heterocycles.